The summed E-state index contributed by atoms with van der Waals surface area (Å²) < 4.78 is 1.66. The third kappa shape index (κ3) is 3.14. The molecule has 3 N–H and O–H groups in total. The molecule has 0 radical (unpaired) electrons. The highest BCUT2D eigenvalue weighted by Crippen LogP contribution is 1.89. The number of hydrogen-bond donors (Lipinski definition) is 2. The Hall–Kier alpha value is -1.43. The molecule has 0 spiro atoms. The van der Waals surface area contributed by atoms with E-state index in [0.29, 0.717) is 19.6 Å². The maximum Gasteiger partial charge on any atom is 0.224 e. The molecular formula is C8H15N5O. The maximum absolute atomic E-state index is 11.3. The Labute approximate surface area is 82.5 Å². The van der Waals surface area contributed by atoms with Crippen LogP contribution in [-0.2, 0) is 11.3 Å². The molecule has 0 aromatic carbocycles. The quantitative estimate of drug-likeness (QED) is 0.633. The average molecular weight is 197 g/mol. The van der Waals surface area contributed by atoms with Crippen molar-refractivity contribution in [1.82, 2.24) is 20.3 Å². The van der Waals surface area contributed by atoms with Crippen LogP contribution < -0.4 is 11.1 Å². The Morgan fingerprint density at radius 3 is 3.07 bits per heavy atom. The van der Waals surface area contributed by atoms with Gasteiger partial charge in [-0.1, -0.05) is 12.1 Å². The highest BCUT2D eigenvalue weighted by atomic mass is 16.1. The first-order chi connectivity index (χ1) is 6.74. The standard InChI is InChI=1S/C8H15N5O/c1-7(6-9)8(14)10-2-4-13-5-3-11-12-13/h3,5,7H,2,4,6,9H2,1H3,(H,10,14). The Bertz CT molecular complexity index is 271. The molecule has 0 aliphatic heterocycles. The first-order valence-corrected chi connectivity index (χ1v) is 4.56. The van der Waals surface area contributed by atoms with Gasteiger partial charge in [0.25, 0.3) is 0 Å². The van der Waals surface area contributed by atoms with Gasteiger partial charge in [-0.25, -0.2) is 0 Å². The normalized spacial score (nSPS) is 12.4. The van der Waals surface area contributed by atoms with Gasteiger partial charge in [-0.3, -0.25) is 9.48 Å². The van der Waals surface area contributed by atoms with Crippen LogP contribution in [0.3, 0.4) is 0 Å². The van der Waals surface area contributed by atoms with Crippen LogP contribution in [0.2, 0.25) is 0 Å². The number of nitrogens with zero attached hydrogens (tertiary/aromatic N) is 3. The molecule has 1 heterocycles. The van der Waals surface area contributed by atoms with Gasteiger partial charge in [0.2, 0.25) is 5.91 Å². The summed E-state index contributed by atoms with van der Waals surface area (Å²) in [4.78, 5) is 11.3. The van der Waals surface area contributed by atoms with E-state index in [2.05, 4.69) is 15.6 Å². The van der Waals surface area contributed by atoms with Crippen molar-refractivity contribution in [1.29, 1.82) is 0 Å². The van der Waals surface area contributed by atoms with E-state index in [0.717, 1.165) is 0 Å². The lowest BCUT2D eigenvalue weighted by Gasteiger charge is -2.09. The fraction of sp³-hybridized carbons (Fsp3) is 0.625. The van der Waals surface area contributed by atoms with E-state index in [4.69, 9.17) is 5.73 Å². The zero-order valence-electron chi connectivity index (χ0n) is 8.18. The molecule has 1 rings (SSSR count). The molecule has 0 aliphatic rings. The predicted octanol–water partition coefficient (Wildman–Crippen LogP) is -1.01. The third-order valence-electron chi connectivity index (χ3n) is 1.91. The van der Waals surface area contributed by atoms with E-state index in [-0.39, 0.29) is 11.8 Å². The molecular weight excluding hydrogens is 182 g/mol. The van der Waals surface area contributed by atoms with E-state index < -0.39 is 0 Å². The molecule has 1 unspecified atom stereocenters. The van der Waals surface area contributed by atoms with Crippen molar-refractivity contribution in [3.63, 3.8) is 0 Å². The van der Waals surface area contributed by atoms with Gasteiger partial charge < -0.3 is 11.1 Å². The van der Waals surface area contributed by atoms with Crippen LogP contribution in [0, 0.1) is 5.92 Å². The van der Waals surface area contributed by atoms with Crippen molar-refractivity contribution in [3.05, 3.63) is 12.4 Å². The minimum absolute atomic E-state index is 0.0207. The molecule has 0 aliphatic carbocycles. The second-order valence-electron chi connectivity index (χ2n) is 3.09. The summed E-state index contributed by atoms with van der Waals surface area (Å²) in [7, 11) is 0. The zero-order chi connectivity index (χ0) is 10.4. The predicted molar refractivity (Wildman–Crippen MR) is 51.3 cm³/mol. The Kier molecular flexibility index (Phi) is 4.06. The van der Waals surface area contributed by atoms with Crippen molar-refractivity contribution < 1.29 is 4.79 Å². The molecule has 0 saturated heterocycles. The summed E-state index contributed by atoms with van der Waals surface area (Å²) in [5.74, 6) is -0.154. The number of amides is 1. The molecule has 1 aromatic heterocycles. The zero-order valence-corrected chi connectivity index (χ0v) is 8.18. The monoisotopic (exact) mass is 197 g/mol. The highest BCUT2D eigenvalue weighted by molar-refractivity contribution is 5.78. The van der Waals surface area contributed by atoms with Crippen molar-refractivity contribution in [2.24, 2.45) is 11.7 Å². The van der Waals surface area contributed by atoms with Crippen LogP contribution in [0.5, 0.6) is 0 Å². The molecule has 14 heavy (non-hydrogen) atoms. The Morgan fingerprint density at radius 2 is 2.50 bits per heavy atom. The molecule has 6 nitrogen and oxygen atoms in total. The van der Waals surface area contributed by atoms with Gasteiger partial charge in [-0.05, 0) is 0 Å². The van der Waals surface area contributed by atoms with Gasteiger partial charge in [-0.15, -0.1) is 5.10 Å². The van der Waals surface area contributed by atoms with E-state index in [1.807, 2.05) is 0 Å². The number of carbonyl (C=O) groups is 1. The second kappa shape index (κ2) is 5.33. The van der Waals surface area contributed by atoms with Gasteiger partial charge in [0, 0.05) is 25.2 Å². The largest absolute Gasteiger partial charge is 0.354 e. The van der Waals surface area contributed by atoms with E-state index >= 15 is 0 Å². The number of nitrogens with two attached hydrogens (primary N) is 1. The summed E-state index contributed by atoms with van der Waals surface area (Å²) in [5, 5.41) is 10.2. The summed E-state index contributed by atoms with van der Waals surface area (Å²) in [5.41, 5.74) is 5.35. The van der Waals surface area contributed by atoms with Gasteiger partial charge in [0.05, 0.1) is 12.7 Å². The lowest BCUT2D eigenvalue weighted by atomic mass is 10.2. The van der Waals surface area contributed by atoms with Crippen molar-refractivity contribution >= 4 is 5.91 Å². The Morgan fingerprint density at radius 1 is 1.71 bits per heavy atom. The van der Waals surface area contributed by atoms with Crippen LogP contribution in [0.25, 0.3) is 0 Å². The second-order valence-corrected chi connectivity index (χ2v) is 3.09. The van der Waals surface area contributed by atoms with Crippen molar-refractivity contribution in [2.75, 3.05) is 13.1 Å². The average Bonchev–Trinajstić information content (AvgIpc) is 2.69. The van der Waals surface area contributed by atoms with E-state index in [1.165, 1.54) is 0 Å². The van der Waals surface area contributed by atoms with E-state index in [9.17, 15) is 4.79 Å². The van der Waals surface area contributed by atoms with Crippen LogP contribution in [0.1, 0.15) is 6.92 Å². The smallest absolute Gasteiger partial charge is 0.224 e. The maximum atomic E-state index is 11.3. The molecule has 1 aromatic rings. The van der Waals surface area contributed by atoms with Gasteiger partial charge in [0.1, 0.15) is 0 Å². The minimum Gasteiger partial charge on any atom is -0.354 e. The van der Waals surface area contributed by atoms with Crippen LogP contribution >= 0.6 is 0 Å². The fourth-order valence-electron chi connectivity index (χ4n) is 0.927. The third-order valence-corrected chi connectivity index (χ3v) is 1.91. The number of nitrogens with one attached hydrogen (secondary N) is 1. The highest BCUT2D eigenvalue weighted by Gasteiger charge is 2.09. The van der Waals surface area contributed by atoms with E-state index in [1.54, 1.807) is 24.0 Å². The number of aromatic nitrogens is 3. The topological polar surface area (TPSA) is 85.8 Å². The minimum atomic E-state index is -0.134. The summed E-state index contributed by atoms with van der Waals surface area (Å²) in [6.45, 7) is 3.34. The first-order valence-electron chi connectivity index (χ1n) is 4.56. The molecule has 0 fully saturated rings. The molecule has 1 atom stereocenters. The summed E-state index contributed by atoms with van der Waals surface area (Å²) in [6, 6.07) is 0. The van der Waals surface area contributed by atoms with Crippen LogP contribution in [0.4, 0.5) is 0 Å². The summed E-state index contributed by atoms with van der Waals surface area (Å²) in [6.07, 6.45) is 3.35. The number of rotatable bonds is 5. The lowest BCUT2D eigenvalue weighted by Crippen LogP contribution is -2.35. The fourth-order valence-corrected chi connectivity index (χ4v) is 0.927. The molecule has 6 heteroatoms. The van der Waals surface area contributed by atoms with Crippen LogP contribution in [0.15, 0.2) is 12.4 Å². The Balaban J connectivity index is 2.18. The first kappa shape index (κ1) is 10.6. The van der Waals surface area contributed by atoms with Crippen molar-refractivity contribution in [2.45, 2.75) is 13.5 Å². The molecule has 78 valence electrons. The SMILES string of the molecule is CC(CN)C(=O)NCCn1ccnn1. The van der Waals surface area contributed by atoms with Gasteiger partial charge in [0.15, 0.2) is 0 Å². The molecule has 1 amide bonds. The number of carbonyl (C=O) groups excluding carboxylic acids is 1. The van der Waals surface area contributed by atoms with Crippen molar-refractivity contribution in [3.8, 4) is 0 Å². The lowest BCUT2D eigenvalue weighted by molar-refractivity contribution is -0.124. The molecule has 0 bridgehead atoms. The van der Waals surface area contributed by atoms with Crippen LogP contribution in [-0.4, -0.2) is 34.0 Å². The van der Waals surface area contributed by atoms with Gasteiger partial charge in [-0.2, -0.15) is 0 Å². The molecule has 0 saturated carbocycles. The summed E-state index contributed by atoms with van der Waals surface area (Å²) >= 11 is 0. The van der Waals surface area contributed by atoms with Gasteiger partial charge >= 0.3 is 0 Å². The number of hydrogen-bond acceptors (Lipinski definition) is 4.